The lowest BCUT2D eigenvalue weighted by atomic mass is 10.1. The Morgan fingerprint density at radius 3 is 2.03 bits per heavy atom. The molecule has 36 heavy (non-hydrogen) atoms. The smallest absolute Gasteiger partial charge is 0.266 e. The largest absolute Gasteiger partial charge is 0.339 e. The number of carbonyl (C=O) groups is 3. The SMILES string of the molecule is O=C(NC(NC(=S)Nc1ccccc1N1C(=O)c2ccccc2C1=O)C(Cl)(Cl)Cl)c1ccccc1Br. The summed E-state index contributed by atoms with van der Waals surface area (Å²) in [5.74, 6) is -1.42. The number of hydrogen-bond donors (Lipinski definition) is 3. The number of nitrogens with zero attached hydrogens (tertiary/aromatic N) is 1. The Morgan fingerprint density at radius 2 is 1.42 bits per heavy atom. The number of anilines is 2. The second-order valence-electron chi connectivity index (χ2n) is 7.53. The first-order chi connectivity index (χ1) is 17.1. The minimum absolute atomic E-state index is 0.0252. The molecular weight excluding hydrogens is 611 g/mol. The number of halogens is 4. The third kappa shape index (κ3) is 5.50. The molecule has 0 saturated carbocycles. The minimum atomic E-state index is -1.98. The summed E-state index contributed by atoms with van der Waals surface area (Å²) < 4.78 is -1.42. The Kier molecular flexibility index (Phi) is 7.87. The average Bonchev–Trinajstić information content (AvgIpc) is 3.09. The van der Waals surface area contributed by atoms with E-state index >= 15 is 0 Å². The Labute approximate surface area is 235 Å². The molecule has 3 aromatic carbocycles. The van der Waals surface area contributed by atoms with Gasteiger partial charge in [0, 0.05) is 4.47 Å². The highest BCUT2D eigenvalue weighted by Gasteiger charge is 2.38. The van der Waals surface area contributed by atoms with Crippen molar-refractivity contribution in [3.05, 3.63) is 94.0 Å². The zero-order chi connectivity index (χ0) is 26.0. The lowest BCUT2D eigenvalue weighted by molar-refractivity contribution is 0.0917. The zero-order valence-electron chi connectivity index (χ0n) is 18.1. The van der Waals surface area contributed by atoms with Crippen molar-refractivity contribution in [1.29, 1.82) is 0 Å². The van der Waals surface area contributed by atoms with E-state index in [4.69, 9.17) is 47.0 Å². The minimum Gasteiger partial charge on any atom is -0.339 e. The number of para-hydroxylation sites is 2. The van der Waals surface area contributed by atoms with Gasteiger partial charge in [-0.05, 0) is 64.5 Å². The van der Waals surface area contributed by atoms with Crippen LogP contribution in [0, 0.1) is 0 Å². The molecule has 1 atom stereocenters. The van der Waals surface area contributed by atoms with Crippen LogP contribution >= 0.6 is 63.0 Å². The van der Waals surface area contributed by atoms with Crippen molar-refractivity contribution in [1.82, 2.24) is 10.6 Å². The molecule has 0 aromatic heterocycles. The molecule has 7 nitrogen and oxygen atoms in total. The van der Waals surface area contributed by atoms with Crippen LogP contribution in [0.4, 0.5) is 11.4 Å². The van der Waals surface area contributed by atoms with Crippen molar-refractivity contribution >= 4 is 97.2 Å². The monoisotopic (exact) mass is 624 g/mol. The van der Waals surface area contributed by atoms with E-state index in [2.05, 4.69) is 31.9 Å². The fourth-order valence-electron chi connectivity index (χ4n) is 3.53. The molecule has 4 rings (SSSR count). The second kappa shape index (κ2) is 10.7. The number of amides is 3. The van der Waals surface area contributed by atoms with Crippen LogP contribution in [0.2, 0.25) is 0 Å². The number of nitrogens with one attached hydrogen (secondary N) is 3. The van der Waals surface area contributed by atoms with Gasteiger partial charge < -0.3 is 16.0 Å². The predicted molar refractivity (Wildman–Crippen MR) is 149 cm³/mol. The topological polar surface area (TPSA) is 90.5 Å². The quantitative estimate of drug-likeness (QED) is 0.147. The van der Waals surface area contributed by atoms with Crippen LogP contribution in [0.3, 0.4) is 0 Å². The number of thiocarbonyl (C=S) groups is 1. The molecule has 12 heteroatoms. The molecule has 184 valence electrons. The van der Waals surface area contributed by atoms with Crippen LogP contribution in [0.1, 0.15) is 31.1 Å². The van der Waals surface area contributed by atoms with Crippen molar-refractivity contribution in [2.75, 3.05) is 10.2 Å². The first kappa shape index (κ1) is 26.4. The van der Waals surface area contributed by atoms with E-state index in [1.807, 2.05) is 0 Å². The normalized spacial score (nSPS) is 13.7. The van der Waals surface area contributed by atoms with Crippen LogP contribution in [-0.2, 0) is 0 Å². The van der Waals surface area contributed by atoms with Crippen molar-refractivity contribution in [3.8, 4) is 0 Å². The van der Waals surface area contributed by atoms with Gasteiger partial charge in [-0.3, -0.25) is 14.4 Å². The lowest BCUT2D eigenvalue weighted by Gasteiger charge is -2.28. The lowest BCUT2D eigenvalue weighted by Crippen LogP contribution is -2.56. The highest BCUT2D eigenvalue weighted by molar-refractivity contribution is 9.10. The van der Waals surface area contributed by atoms with Crippen LogP contribution in [-0.4, -0.2) is 32.8 Å². The summed E-state index contributed by atoms with van der Waals surface area (Å²) in [4.78, 5) is 39.8. The van der Waals surface area contributed by atoms with E-state index in [0.717, 1.165) is 4.90 Å². The van der Waals surface area contributed by atoms with Gasteiger partial charge in [-0.1, -0.05) is 71.2 Å². The van der Waals surface area contributed by atoms with E-state index in [1.165, 1.54) is 0 Å². The van der Waals surface area contributed by atoms with Crippen LogP contribution in [0.25, 0.3) is 0 Å². The highest BCUT2D eigenvalue weighted by atomic mass is 79.9. The third-order valence-electron chi connectivity index (χ3n) is 5.18. The maximum absolute atomic E-state index is 13.0. The second-order valence-corrected chi connectivity index (χ2v) is 11.2. The molecule has 1 aliphatic heterocycles. The Balaban J connectivity index is 1.53. The molecule has 3 N–H and O–H groups in total. The molecular formula is C24H16BrCl3N4O3S. The molecule has 1 aliphatic rings. The summed E-state index contributed by atoms with van der Waals surface area (Å²) in [5.41, 5.74) is 1.58. The summed E-state index contributed by atoms with van der Waals surface area (Å²) in [6.07, 6.45) is -1.23. The van der Waals surface area contributed by atoms with Gasteiger partial charge in [-0.25, -0.2) is 4.90 Å². The van der Waals surface area contributed by atoms with Crippen LogP contribution in [0.15, 0.2) is 77.3 Å². The van der Waals surface area contributed by atoms with Gasteiger partial charge in [0.25, 0.3) is 17.7 Å². The summed E-state index contributed by atoms with van der Waals surface area (Å²) in [5, 5.41) is 8.27. The van der Waals surface area contributed by atoms with Gasteiger partial charge in [0.1, 0.15) is 6.17 Å². The molecule has 1 heterocycles. The van der Waals surface area contributed by atoms with E-state index in [0.29, 0.717) is 26.9 Å². The summed E-state index contributed by atoms with van der Waals surface area (Å²) in [6.45, 7) is 0. The predicted octanol–water partition coefficient (Wildman–Crippen LogP) is 5.66. The third-order valence-corrected chi connectivity index (χ3v) is 6.75. The van der Waals surface area contributed by atoms with E-state index in [-0.39, 0.29) is 10.8 Å². The maximum atomic E-state index is 13.0. The molecule has 3 amide bonds. The number of fused-ring (bicyclic) bond motifs is 1. The Bertz CT molecular complexity index is 1350. The zero-order valence-corrected chi connectivity index (χ0v) is 22.8. The van der Waals surface area contributed by atoms with E-state index in [9.17, 15) is 14.4 Å². The van der Waals surface area contributed by atoms with Gasteiger partial charge >= 0.3 is 0 Å². The standard InChI is InChI=1S/C24H16BrCl3N4O3S/c25-16-10-4-3-9-15(16)19(33)30-22(24(26,27)28)31-23(36)29-17-11-5-6-12-18(17)32-20(34)13-7-1-2-8-14(13)21(32)35/h1-12,22H,(H,30,33)(H2,29,31,36). The van der Waals surface area contributed by atoms with Gasteiger partial charge in [0.2, 0.25) is 3.79 Å². The maximum Gasteiger partial charge on any atom is 0.266 e. The van der Waals surface area contributed by atoms with Crippen LogP contribution in [0.5, 0.6) is 0 Å². The van der Waals surface area contributed by atoms with E-state index < -0.39 is 27.7 Å². The van der Waals surface area contributed by atoms with Gasteiger partial charge in [-0.15, -0.1) is 0 Å². The molecule has 0 spiro atoms. The first-order valence-corrected chi connectivity index (χ1v) is 12.7. The first-order valence-electron chi connectivity index (χ1n) is 10.3. The van der Waals surface area contributed by atoms with Gasteiger partial charge in [-0.2, -0.15) is 0 Å². The number of rotatable bonds is 5. The number of benzene rings is 3. The van der Waals surface area contributed by atoms with Crippen molar-refractivity contribution in [2.24, 2.45) is 0 Å². The van der Waals surface area contributed by atoms with Crippen molar-refractivity contribution < 1.29 is 14.4 Å². The molecule has 1 unspecified atom stereocenters. The summed E-state index contributed by atoms with van der Waals surface area (Å²) >= 11 is 27.0. The highest BCUT2D eigenvalue weighted by Crippen LogP contribution is 2.34. The van der Waals surface area contributed by atoms with E-state index in [1.54, 1.807) is 72.8 Å². The molecule has 0 radical (unpaired) electrons. The number of carbonyl (C=O) groups excluding carboxylic acids is 3. The molecule has 0 aliphatic carbocycles. The molecule has 0 fully saturated rings. The number of hydrogen-bond acceptors (Lipinski definition) is 4. The van der Waals surface area contributed by atoms with Crippen molar-refractivity contribution in [3.63, 3.8) is 0 Å². The fourth-order valence-corrected chi connectivity index (χ4v) is 4.55. The summed E-state index contributed by atoms with van der Waals surface area (Å²) in [6, 6.07) is 20.0. The van der Waals surface area contributed by atoms with Crippen molar-refractivity contribution in [2.45, 2.75) is 9.96 Å². The summed E-state index contributed by atoms with van der Waals surface area (Å²) in [7, 11) is 0. The Morgan fingerprint density at radius 1 is 0.861 bits per heavy atom. The Hall–Kier alpha value is -2.69. The fraction of sp³-hybridized carbons (Fsp3) is 0.0833. The molecule has 3 aromatic rings. The average molecular weight is 627 g/mol. The number of imide groups is 1. The van der Waals surface area contributed by atoms with Gasteiger partial charge in [0.15, 0.2) is 5.11 Å². The molecule has 0 bridgehead atoms. The van der Waals surface area contributed by atoms with Gasteiger partial charge in [0.05, 0.1) is 28.1 Å². The van der Waals surface area contributed by atoms with Crippen LogP contribution < -0.4 is 20.9 Å². The molecule has 0 saturated heterocycles. The number of alkyl halides is 3.